The number of benzene rings is 1. The number of nitrogens with two attached hydrogens (primary N) is 1. The van der Waals surface area contributed by atoms with E-state index in [1.807, 2.05) is 13.8 Å². The van der Waals surface area contributed by atoms with E-state index < -0.39 is 5.91 Å². The van der Waals surface area contributed by atoms with Crippen molar-refractivity contribution in [1.29, 1.82) is 0 Å². The molecule has 2 aromatic heterocycles. The lowest BCUT2D eigenvalue weighted by Gasteiger charge is -2.16. The minimum atomic E-state index is -0.552. The van der Waals surface area contributed by atoms with Crippen LogP contribution in [0.3, 0.4) is 0 Å². The van der Waals surface area contributed by atoms with Crippen LogP contribution in [0.4, 0.5) is 5.82 Å². The number of carbonyl (C=O) groups is 1. The van der Waals surface area contributed by atoms with Crippen molar-refractivity contribution in [1.82, 2.24) is 35.6 Å². The third-order valence-electron chi connectivity index (χ3n) is 4.51. The molecule has 3 rings (SSSR count). The van der Waals surface area contributed by atoms with Gasteiger partial charge in [-0.25, -0.2) is 10.1 Å². The van der Waals surface area contributed by atoms with E-state index in [0.717, 1.165) is 13.1 Å². The first-order chi connectivity index (χ1) is 14.4. The molecule has 30 heavy (non-hydrogen) atoms. The Balaban J connectivity index is 1.93. The number of anilines is 1. The first-order valence-electron chi connectivity index (χ1n) is 9.33. The summed E-state index contributed by atoms with van der Waals surface area (Å²) < 4.78 is 5.81. The smallest absolute Gasteiger partial charge is 0.292 e. The average molecular weight is 413 g/mol. The van der Waals surface area contributed by atoms with Crippen LogP contribution in [0.1, 0.15) is 42.5 Å². The zero-order valence-electron chi connectivity index (χ0n) is 16.9. The average Bonchev–Trinajstić information content (AvgIpc) is 3.35. The molecule has 158 valence electrons. The summed E-state index contributed by atoms with van der Waals surface area (Å²) in [6.07, 6.45) is 0. The largest absolute Gasteiger partial charge is 0.508 e. The van der Waals surface area contributed by atoms with Gasteiger partial charge in [0.25, 0.3) is 5.91 Å². The van der Waals surface area contributed by atoms with E-state index in [1.54, 1.807) is 31.2 Å². The SMILES string of the molecule is CCN(CC)Cc1nnn(-c2nonc2N)c1C(=O)NN=C(C)c1cccc(O)c1. The molecule has 12 heteroatoms. The maximum Gasteiger partial charge on any atom is 0.292 e. The van der Waals surface area contributed by atoms with Gasteiger partial charge in [0.2, 0.25) is 11.6 Å². The molecule has 3 aromatic rings. The number of phenols is 1. The molecule has 0 saturated carbocycles. The molecule has 12 nitrogen and oxygen atoms in total. The van der Waals surface area contributed by atoms with Crippen molar-refractivity contribution in [3.8, 4) is 11.6 Å². The van der Waals surface area contributed by atoms with Gasteiger partial charge in [0.1, 0.15) is 11.4 Å². The lowest BCUT2D eigenvalue weighted by atomic mass is 10.1. The van der Waals surface area contributed by atoms with Crippen LogP contribution in [0.2, 0.25) is 0 Å². The Morgan fingerprint density at radius 3 is 2.73 bits per heavy atom. The Morgan fingerprint density at radius 2 is 2.10 bits per heavy atom. The maximum atomic E-state index is 13.0. The molecule has 4 N–H and O–H groups in total. The summed E-state index contributed by atoms with van der Waals surface area (Å²) in [6, 6.07) is 6.55. The molecular weight excluding hydrogens is 390 g/mol. The van der Waals surface area contributed by atoms with Crippen LogP contribution in [0.15, 0.2) is 34.0 Å². The van der Waals surface area contributed by atoms with E-state index in [1.165, 1.54) is 4.68 Å². The Kier molecular flexibility index (Phi) is 6.37. The van der Waals surface area contributed by atoms with Crippen LogP contribution in [0, 0.1) is 0 Å². The van der Waals surface area contributed by atoms with E-state index >= 15 is 0 Å². The fourth-order valence-corrected chi connectivity index (χ4v) is 2.77. The first kappa shape index (κ1) is 20.9. The second-order valence-electron chi connectivity index (χ2n) is 6.42. The van der Waals surface area contributed by atoms with Gasteiger partial charge in [-0.05, 0) is 42.5 Å². The Morgan fingerprint density at radius 1 is 1.33 bits per heavy atom. The van der Waals surface area contributed by atoms with Gasteiger partial charge in [0.05, 0.1) is 5.71 Å². The highest BCUT2D eigenvalue weighted by atomic mass is 16.6. The second kappa shape index (κ2) is 9.13. The number of phenolic OH excluding ortho intramolecular Hbond substituents is 1. The number of carbonyl (C=O) groups excluding carboxylic acids is 1. The zero-order chi connectivity index (χ0) is 21.7. The zero-order valence-corrected chi connectivity index (χ0v) is 16.9. The first-order valence-corrected chi connectivity index (χ1v) is 9.33. The molecule has 0 aliphatic rings. The lowest BCUT2D eigenvalue weighted by molar-refractivity contribution is 0.0944. The molecule has 1 amide bonds. The molecule has 0 spiro atoms. The quantitative estimate of drug-likeness (QED) is 0.360. The lowest BCUT2D eigenvalue weighted by Crippen LogP contribution is -2.27. The Bertz CT molecular complexity index is 1050. The summed E-state index contributed by atoms with van der Waals surface area (Å²) in [5, 5.41) is 29.1. The predicted molar refractivity (Wildman–Crippen MR) is 108 cm³/mol. The Hall–Kier alpha value is -3.80. The summed E-state index contributed by atoms with van der Waals surface area (Å²) in [6.45, 7) is 7.67. The van der Waals surface area contributed by atoms with Crippen LogP contribution in [0.25, 0.3) is 5.82 Å². The van der Waals surface area contributed by atoms with E-state index in [2.05, 4.69) is 40.7 Å². The molecule has 2 heterocycles. The normalized spacial score (nSPS) is 11.8. The summed E-state index contributed by atoms with van der Waals surface area (Å²) in [5.74, 6) is -0.412. The summed E-state index contributed by atoms with van der Waals surface area (Å²) in [5.41, 5.74) is 9.99. The standard InChI is InChI=1S/C18H23N9O3/c1-4-26(5-2)10-14-15(27(25-21-14)17-16(19)23-30-24-17)18(29)22-20-11(3)12-7-6-8-13(28)9-12/h6-9,28H,4-5,10H2,1-3H3,(H2,19,23)(H,22,29). The Labute approximate surface area is 172 Å². The van der Waals surface area contributed by atoms with E-state index in [-0.39, 0.29) is 23.1 Å². The van der Waals surface area contributed by atoms with Crippen molar-refractivity contribution in [2.45, 2.75) is 27.3 Å². The number of hydrazone groups is 1. The molecule has 0 bridgehead atoms. The molecular formula is C18H23N9O3. The number of amides is 1. The van der Waals surface area contributed by atoms with Gasteiger partial charge >= 0.3 is 0 Å². The highest BCUT2D eigenvalue weighted by Gasteiger charge is 2.25. The topological polar surface area (TPSA) is 161 Å². The van der Waals surface area contributed by atoms with Gasteiger partial charge in [-0.15, -0.1) is 5.10 Å². The molecule has 0 atom stereocenters. The van der Waals surface area contributed by atoms with E-state index in [9.17, 15) is 9.90 Å². The monoisotopic (exact) mass is 413 g/mol. The number of nitrogens with one attached hydrogen (secondary N) is 1. The number of hydrogen-bond acceptors (Lipinski definition) is 10. The van der Waals surface area contributed by atoms with Crippen molar-refractivity contribution in [3.05, 3.63) is 41.2 Å². The molecule has 1 aromatic carbocycles. The highest BCUT2D eigenvalue weighted by molar-refractivity contribution is 6.01. The van der Waals surface area contributed by atoms with Gasteiger partial charge in [-0.1, -0.05) is 31.2 Å². The van der Waals surface area contributed by atoms with Gasteiger partial charge in [-0.3, -0.25) is 9.69 Å². The molecule has 0 aliphatic carbocycles. The second-order valence-corrected chi connectivity index (χ2v) is 6.42. The fraction of sp³-hybridized carbons (Fsp3) is 0.333. The summed E-state index contributed by atoms with van der Waals surface area (Å²) >= 11 is 0. The number of hydrogen-bond donors (Lipinski definition) is 3. The molecule has 0 fully saturated rings. The summed E-state index contributed by atoms with van der Waals surface area (Å²) in [4.78, 5) is 15.1. The van der Waals surface area contributed by atoms with Crippen molar-refractivity contribution in [2.24, 2.45) is 5.10 Å². The van der Waals surface area contributed by atoms with Gasteiger partial charge in [0, 0.05) is 12.1 Å². The van der Waals surface area contributed by atoms with E-state index in [4.69, 9.17) is 5.73 Å². The van der Waals surface area contributed by atoms with Crippen molar-refractivity contribution in [3.63, 3.8) is 0 Å². The third-order valence-corrected chi connectivity index (χ3v) is 4.51. The van der Waals surface area contributed by atoms with Crippen LogP contribution in [0.5, 0.6) is 5.75 Å². The molecule has 0 saturated heterocycles. The number of aromatic nitrogens is 5. The minimum absolute atomic E-state index is 0.0252. The van der Waals surface area contributed by atoms with Gasteiger partial charge in [-0.2, -0.15) is 9.78 Å². The third kappa shape index (κ3) is 4.43. The predicted octanol–water partition coefficient (Wildman–Crippen LogP) is 0.934. The van der Waals surface area contributed by atoms with Crippen molar-refractivity contribution < 1.29 is 14.5 Å². The number of nitrogen functional groups attached to an aromatic ring is 1. The van der Waals surface area contributed by atoms with Crippen LogP contribution >= 0.6 is 0 Å². The van der Waals surface area contributed by atoms with Gasteiger partial charge in [0.15, 0.2) is 5.69 Å². The van der Waals surface area contributed by atoms with E-state index in [0.29, 0.717) is 23.5 Å². The van der Waals surface area contributed by atoms with Crippen LogP contribution in [-0.4, -0.2) is 60.0 Å². The van der Waals surface area contributed by atoms with Crippen molar-refractivity contribution >= 4 is 17.4 Å². The molecule has 0 unspecified atom stereocenters. The molecule has 0 radical (unpaired) electrons. The van der Waals surface area contributed by atoms with Crippen molar-refractivity contribution in [2.75, 3.05) is 18.8 Å². The molecule has 0 aliphatic heterocycles. The maximum absolute atomic E-state index is 13.0. The van der Waals surface area contributed by atoms with Gasteiger partial charge < -0.3 is 10.8 Å². The minimum Gasteiger partial charge on any atom is -0.508 e. The highest BCUT2D eigenvalue weighted by Crippen LogP contribution is 2.17. The number of rotatable bonds is 8. The number of nitrogens with zero attached hydrogens (tertiary/aromatic N) is 7. The fourth-order valence-electron chi connectivity index (χ4n) is 2.77. The van der Waals surface area contributed by atoms with Crippen LogP contribution in [-0.2, 0) is 6.54 Å². The summed E-state index contributed by atoms with van der Waals surface area (Å²) in [7, 11) is 0. The van der Waals surface area contributed by atoms with Crippen LogP contribution < -0.4 is 11.2 Å². The number of aromatic hydroxyl groups is 1.